The van der Waals surface area contributed by atoms with Gasteiger partial charge in [0, 0.05) is 41.8 Å². The van der Waals surface area contributed by atoms with E-state index >= 15 is 0 Å². The number of hydrogen-bond acceptors (Lipinski definition) is 3. The molecule has 2 rings (SSSR count). The summed E-state index contributed by atoms with van der Waals surface area (Å²) >= 11 is 5.97. The van der Waals surface area contributed by atoms with Crippen molar-refractivity contribution < 1.29 is 4.74 Å². The quantitative estimate of drug-likeness (QED) is 0.735. The number of hydrogen-bond donors (Lipinski definition) is 2. The van der Waals surface area contributed by atoms with Crippen molar-refractivity contribution in [2.24, 2.45) is 0 Å². The molecule has 0 unspecified atom stereocenters. The molecule has 1 aromatic heterocycles. The highest BCUT2D eigenvalue weighted by Crippen LogP contribution is 2.21. The molecule has 0 bridgehead atoms. The van der Waals surface area contributed by atoms with Gasteiger partial charge in [-0.3, -0.25) is 0 Å². The molecule has 1 heterocycles. The first-order valence-corrected chi connectivity index (χ1v) is 7.23. The Morgan fingerprint density at radius 3 is 2.95 bits per heavy atom. The smallest absolute Gasteiger partial charge is 0.0593 e. The monoisotopic (exact) mass is 295 g/mol. The minimum atomic E-state index is 0.738. The lowest BCUT2D eigenvalue weighted by atomic mass is 10.2. The summed E-state index contributed by atoms with van der Waals surface area (Å²) in [5, 5.41) is 5.37. The Morgan fingerprint density at radius 2 is 2.15 bits per heavy atom. The molecule has 0 saturated heterocycles. The molecule has 20 heavy (non-hydrogen) atoms. The van der Waals surface area contributed by atoms with Gasteiger partial charge in [-0.25, -0.2) is 0 Å². The van der Waals surface area contributed by atoms with Gasteiger partial charge >= 0.3 is 0 Å². The van der Waals surface area contributed by atoms with E-state index < -0.39 is 0 Å². The van der Waals surface area contributed by atoms with E-state index in [-0.39, 0.29) is 0 Å². The van der Waals surface area contributed by atoms with Gasteiger partial charge in [0.2, 0.25) is 0 Å². The van der Waals surface area contributed by atoms with Crippen LogP contribution in [0.5, 0.6) is 0 Å². The zero-order valence-corrected chi connectivity index (χ0v) is 12.8. The second-order valence-electron chi connectivity index (χ2n) is 5.10. The van der Waals surface area contributed by atoms with Crippen molar-refractivity contribution in [2.45, 2.75) is 6.54 Å². The molecule has 0 radical (unpaired) electrons. The van der Waals surface area contributed by atoms with Crippen molar-refractivity contribution in [1.29, 1.82) is 0 Å². The van der Waals surface area contributed by atoms with Gasteiger partial charge in [-0.05, 0) is 31.8 Å². The lowest BCUT2D eigenvalue weighted by Crippen LogP contribution is -2.22. The van der Waals surface area contributed by atoms with Crippen molar-refractivity contribution in [2.75, 3.05) is 40.4 Å². The first kappa shape index (κ1) is 15.3. The molecule has 1 aromatic carbocycles. The fraction of sp³-hybridized carbons (Fsp3) is 0.467. The first-order valence-electron chi connectivity index (χ1n) is 6.85. The Bertz CT molecular complexity index is 539. The summed E-state index contributed by atoms with van der Waals surface area (Å²) in [5.74, 6) is 0. The van der Waals surface area contributed by atoms with Crippen LogP contribution in [0, 0.1) is 0 Å². The van der Waals surface area contributed by atoms with Gasteiger partial charge < -0.3 is 19.9 Å². The number of benzene rings is 1. The number of ether oxygens (including phenoxy) is 1. The molecule has 0 atom stereocenters. The SMILES string of the molecule is CN(C)CCOCCNCc1c[nH]c2cc(Cl)ccc12. The van der Waals surface area contributed by atoms with Crippen LogP contribution in [0.15, 0.2) is 24.4 Å². The summed E-state index contributed by atoms with van der Waals surface area (Å²) in [4.78, 5) is 5.36. The van der Waals surface area contributed by atoms with E-state index in [1.807, 2.05) is 32.4 Å². The number of aromatic nitrogens is 1. The highest BCUT2D eigenvalue weighted by Gasteiger charge is 2.03. The van der Waals surface area contributed by atoms with Crippen LogP contribution < -0.4 is 5.32 Å². The van der Waals surface area contributed by atoms with E-state index in [0.29, 0.717) is 0 Å². The molecule has 2 aromatic rings. The topological polar surface area (TPSA) is 40.3 Å². The van der Waals surface area contributed by atoms with Crippen LogP contribution in [0.4, 0.5) is 0 Å². The molecule has 5 heteroatoms. The standard InChI is InChI=1S/C15H22ClN3O/c1-19(2)6-8-20-7-5-17-10-12-11-18-15-9-13(16)3-4-14(12)15/h3-4,9,11,17-18H,5-8,10H2,1-2H3. The Kier molecular flexibility index (Phi) is 5.86. The van der Waals surface area contributed by atoms with E-state index in [0.717, 1.165) is 43.4 Å². The van der Waals surface area contributed by atoms with Gasteiger partial charge in [0.1, 0.15) is 0 Å². The predicted octanol–water partition coefficient (Wildman–Crippen LogP) is 2.49. The number of aromatic amines is 1. The number of H-pyrrole nitrogens is 1. The fourth-order valence-electron chi connectivity index (χ4n) is 2.02. The fourth-order valence-corrected chi connectivity index (χ4v) is 2.19. The molecular formula is C15H22ClN3O. The second-order valence-corrected chi connectivity index (χ2v) is 5.53. The van der Waals surface area contributed by atoms with Gasteiger partial charge in [0.05, 0.1) is 13.2 Å². The van der Waals surface area contributed by atoms with Crippen molar-refractivity contribution in [3.63, 3.8) is 0 Å². The summed E-state index contributed by atoms with van der Waals surface area (Å²) in [5.41, 5.74) is 2.33. The number of rotatable bonds is 8. The molecule has 0 fully saturated rings. The molecule has 110 valence electrons. The maximum absolute atomic E-state index is 5.97. The van der Waals surface area contributed by atoms with Gasteiger partial charge in [-0.15, -0.1) is 0 Å². The maximum atomic E-state index is 5.97. The molecule has 0 spiro atoms. The zero-order chi connectivity index (χ0) is 14.4. The van der Waals surface area contributed by atoms with Crippen LogP contribution >= 0.6 is 11.6 Å². The minimum Gasteiger partial charge on any atom is -0.379 e. The summed E-state index contributed by atoms with van der Waals surface area (Å²) in [7, 11) is 4.09. The molecule has 0 aliphatic carbocycles. The molecule has 4 nitrogen and oxygen atoms in total. The second kappa shape index (κ2) is 7.64. The van der Waals surface area contributed by atoms with Crippen LogP contribution in [0.1, 0.15) is 5.56 Å². The lowest BCUT2D eigenvalue weighted by Gasteiger charge is -2.10. The normalized spacial score (nSPS) is 11.6. The Hall–Kier alpha value is -1.07. The van der Waals surface area contributed by atoms with Crippen LogP contribution in [0.2, 0.25) is 5.02 Å². The molecule has 0 amide bonds. The average Bonchev–Trinajstić information content (AvgIpc) is 2.79. The minimum absolute atomic E-state index is 0.738. The van der Waals surface area contributed by atoms with Crippen molar-refractivity contribution in [3.8, 4) is 0 Å². The van der Waals surface area contributed by atoms with Crippen molar-refractivity contribution in [1.82, 2.24) is 15.2 Å². The Labute approximate surface area is 125 Å². The predicted molar refractivity (Wildman–Crippen MR) is 84.4 cm³/mol. The highest BCUT2D eigenvalue weighted by atomic mass is 35.5. The number of nitrogens with one attached hydrogen (secondary N) is 2. The molecule has 0 aliphatic rings. The lowest BCUT2D eigenvalue weighted by molar-refractivity contribution is 0.119. The van der Waals surface area contributed by atoms with Crippen molar-refractivity contribution >= 4 is 22.5 Å². The number of nitrogens with zero attached hydrogens (tertiary/aromatic N) is 1. The van der Waals surface area contributed by atoms with E-state index in [1.54, 1.807) is 0 Å². The molecule has 2 N–H and O–H groups in total. The van der Waals surface area contributed by atoms with Crippen LogP contribution in [0.3, 0.4) is 0 Å². The summed E-state index contributed by atoms with van der Waals surface area (Å²) in [6, 6.07) is 5.93. The first-order chi connectivity index (χ1) is 9.66. The molecule has 0 aliphatic heterocycles. The Morgan fingerprint density at radius 1 is 1.30 bits per heavy atom. The third-order valence-corrected chi connectivity index (χ3v) is 3.39. The van der Waals surface area contributed by atoms with Crippen LogP contribution in [-0.4, -0.2) is 50.3 Å². The highest BCUT2D eigenvalue weighted by molar-refractivity contribution is 6.31. The maximum Gasteiger partial charge on any atom is 0.0593 e. The third-order valence-electron chi connectivity index (χ3n) is 3.15. The number of likely N-dealkylation sites (N-methyl/N-ethyl adjacent to an activating group) is 1. The Balaban J connectivity index is 1.71. The average molecular weight is 296 g/mol. The number of halogens is 1. The van der Waals surface area contributed by atoms with Gasteiger partial charge in [0.25, 0.3) is 0 Å². The number of fused-ring (bicyclic) bond motifs is 1. The van der Waals surface area contributed by atoms with E-state index in [2.05, 4.69) is 21.3 Å². The van der Waals surface area contributed by atoms with E-state index in [4.69, 9.17) is 16.3 Å². The summed E-state index contributed by atoms with van der Waals surface area (Å²) in [6.45, 7) is 4.16. The van der Waals surface area contributed by atoms with E-state index in [9.17, 15) is 0 Å². The molecular weight excluding hydrogens is 274 g/mol. The molecule has 0 saturated carbocycles. The summed E-state index contributed by atoms with van der Waals surface area (Å²) < 4.78 is 5.54. The van der Waals surface area contributed by atoms with Crippen LogP contribution in [0.25, 0.3) is 10.9 Å². The summed E-state index contributed by atoms with van der Waals surface area (Å²) in [6.07, 6.45) is 2.03. The zero-order valence-electron chi connectivity index (χ0n) is 12.1. The van der Waals surface area contributed by atoms with Crippen molar-refractivity contribution in [3.05, 3.63) is 35.0 Å². The largest absolute Gasteiger partial charge is 0.379 e. The van der Waals surface area contributed by atoms with Gasteiger partial charge in [-0.2, -0.15) is 0 Å². The van der Waals surface area contributed by atoms with Gasteiger partial charge in [-0.1, -0.05) is 17.7 Å². The van der Waals surface area contributed by atoms with E-state index in [1.165, 1.54) is 10.9 Å². The third kappa shape index (κ3) is 4.49. The van der Waals surface area contributed by atoms with Gasteiger partial charge in [0.15, 0.2) is 0 Å². The van der Waals surface area contributed by atoms with Crippen LogP contribution in [-0.2, 0) is 11.3 Å².